The van der Waals surface area contributed by atoms with Crippen molar-refractivity contribution in [2.75, 3.05) is 19.8 Å². The molecule has 0 aromatic heterocycles. The maximum Gasteiger partial charge on any atom is 0.0469 e. The van der Waals surface area contributed by atoms with Crippen molar-refractivity contribution in [3.8, 4) is 0 Å². The molecule has 0 spiro atoms. The quantitative estimate of drug-likeness (QED) is 0.588. The second-order valence-electron chi connectivity index (χ2n) is 5.32. The largest absolute Gasteiger partial charge is 0.381 e. The van der Waals surface area contributed by atoms with Crippen molar-refractivity contribution in [3.63, 3.8) is 0 Å². The number of hydrogen-bond donors (Lipinski definition) is 1. The summed E-state index contributed by atoms with van der Waals surface area (Å²) in [7, 11) is 0. The molecule has 1 aliphatic rings. The van der Waals surface area contributed by atoms with Crippen molar-refractivity contribution in [2.24, 2.45) is 5.92 Å². The Balaban J connectivity index is 1.94. The molecule has 2 unspecified atom stereocenters. The van der Waals surface area contributed by atoms with Crippen molar-refractivity contribution in [2.45, 2.75) is 71.3 Å². The Labute approximate surface area is 108 Å². The topological polar surface area (TPSA) is 21.3 Å². The first-order valence-electron chi connectivity index (χ1n) is 7.69. The highest BCUT2D eigenvalue weighted by Crippen LogP contribution is 2.28. The maximum atomic E-state index is 5.74. The molecule has 1 aliphatic carbocycles. The molecule has 1 rings (SSSR count). The fourth-order valence-electron chi connectivity index (χ4n) is 2.88. The van der Waals surface area contributed by atoms with Crippen LogP contribution >= 0.6 is 0 Å². The highest BCUT2D eigenvalue weighted by atomic mass is 16.5. The van der Waals surface area contributed by atoms with E-state index in [1.54, 1.807) is 0 Å². The lowest BCUT2D eigenvalue weighted by molar-refractivity contribution is 0.113. The molecule has 0 aromatic rings. The molecular weight excluding hydrogens is 210 g/mol. The van der Waals surface area contributed by atoms with E-state index >= 15 is 0 Å². The lowest BCUT2D eigenvalue weighted by Gasteiger charge is -2.20. The summed E-state index contributed by atoms with van der Waals surface area (Å²) >= 11 is 0. The van der Waals surface area contributed by atoms with E-state index in [2.05, 4.69) is 19.2 Å². The van der Waals surface area contributed by atoms with Crippen LogP contribution in [0.1, 0.15) is 65.2 Å². The van der Waals surface area contributed by atoms with Crippen LogP contribution in [0.5, 0.6) is 0 Å². The standard InChI is InChI=1S/C15H31NO/c1-3-5-6-7-12-17-13-11-14-9-8-10-15(14)16-4-2/h14-16H,3-13H2,1-2H3. The third-order valence-corrected chi connectivity index (χ3v) is 3.90. The van der Waals surface area contributed by atoms with Gasteiger partial charge in [0.05, 0.1) is 0 Å². The summed E-state index contributed by atoms with van der Waals surface area (Å²) in [6, 6.07) is 0.767. The molecule has 2 atom stereocenters. The molecule has 2 nitrogen and oxygen atoms in total. The van der Waals surface area contributed by atoms with E-state index in [1.807, 2.05) is 0 Å². The minimum atomic E-state index is 0.767. The molecule has 0 aromatic carbocycles. The molecule has 0 saturated heterocycles. The summed E-state index contributed by atoms with van der Waals surface area (Å²) in [4.78, 5) is 0. The third-order valence-electron chi connectivity index (χ3n) is 3.90. The third kappa shape index (κ3) is 6.42. The van der Waals surface area contributed by atoms with E-state index in [-0.39, 0.29) is 0 Å². The SMILES string of the molecule is CCCCCCOCCC1CCCC1NCC. The highest BCUT2D eigenvalue weighted by molar-refractivity contribution is 4.82. The van der Waals surface area contributed by atoms with Gasteiger partial charge in [-0.05, 0) is 38.1 Å². The molecule has 0 amide bonds. The predicted molar refractivity (Wildman–Crippen MR) is 74.4 cm³/mol. The van der Waals surface area contributed by atoms with Crippen molar-refractivity contribution in [1.29, 1.82) is 0 Å². The van der Waals surface area contributed by atoms with Crippen LogP contribution in [-0.2, 0) is 4.74 Å². The molecule has 1 fully saturated rings. The Kier molecular flexibility index (Phi) is 8.72. The highest BCUT2D eigenvalue weighted by Gasteiger charge is 2.25. The molecule has 17 heavy (non-hydrogen) atoms. The summed E-state index contributed by atoms with van der Waals surface area (Å²) in [6.07, 6.45) is 10.7. The Hall–Kier alpha value is -0.0800. The normalized spacial score (nSPS) is 24.4. The Morgan fingerprint density at radius 3 is 2.71 bits per heavy atom. The van der Waals surface area contributed by atoms with Gasteiger partial charge in [0.1, 0.15) is 0 Å². The van der Waals surface area contributed by atoms with Crippen LogP contribution in [0.4, 0.5) is 0 Å². The van der Waals surface area contributed by atoms with Crippen molar-refractivity contribution in [1.82, 2.24) is 5.32 Å². The summed E-state index contributed by atoms with van der Waals surface area (Å²) in [5.41, 5.74) is 0. The van der Waals surface area contributed by atoms with Crippen LogP contribution in [0.25, 0.3) is 0 Å². The molecule has 0 radical (unpaired) electrons. The second-order valence-corrected chi connectivity index (χ2v) is 5.32. The minimum absolute atomic E-state index is 0.767. The van der Waals surface area contributed by atoms with E-state index in [4.69, 9.17) is 4.74 Å². The van der Waals surface area contributed by atoms with Gasteiger partial charge in [-0.15, -0.1) is 0 Å². The summed E-state index contributed by atoms with van der Waals surface area (Å²) in [5, 5.41) is 3.61. The van der Waals surface area contributed by atoms with Crippen LogP contribution < -0.4 is 5.32 Å². The molecule has 0 aliphatic heterocycles. The van der Waals surface area contributed by atoms with Crippen molar-refractivity contribution in [3.05, 3.63) is 0 Å². The number of unbranched alkanes of at least 4 members (excludes halogenated alkanes) is 3. The predicted octanol–water partition coefficient (Wildman–Crippen LogP) is 3.75. The number of ether oxygens (including phenoxy) is 1. The van der Waals surface area contributed by atoms with Gasteiger partial charge < -0.3 is 10.1 Å². The zero-order chi connectivity index (χ0) is 12.3. The molecular formula is C15H31NO. The van der Waals surface area contributed by atoms with Crippen LogP contribution in [0.15, 0.2) is 0 Å². The van der Waals surface area contributed by atoms with Gasteiger partial charge >= 0.3 is 0 Å². The first kappa shape index (κ1) is 15.0. The van der Waals surface area contributed by atoms with Gasteiger partial charge in [-0.2, -0.15) is 0 Å². The minimum Gasteiger partial charge on any atom is -0.381 e. The van der Waals surface area contributed by atoms with Gasteiger partial charge in [0.2, 0.25) is 0 Å². The average Bonchev–Trinajstić information content (AvgIpc) is 2.76. The van der Waals surface area contributed by atoms with Crippen molar-refractivity contribution < 1.29 is 4.74 Å². The van der Waals surface area contributed by atoms with E-state index in [9.17, 15) is 0 Å². The Bertz CT molecular complexity index is 172. The molecule has 0 bridgehead atoms. The fourth-order valence-corrected chi connectivity index (χ4v) is 2.88. The summed E-state index contributed by atoms with van der Waals surface area (Å²) in [6.45, 7) is 7.51. The Morgan fingerprint density at radius 1 is 1.06 bits per heavy atom. The molecule has 1 saturated carbocycles. The molecule has 102 valence electrons. The lowest BCUT2D eigenvalue weighted by atomic mass is 10.00. The van der Waals surface area contributed by atoms with E-state index in [1.165, 1.54) is 51.4 Å². The van der Waals surface area contributed by atoms with Crippen LogP contribution in [0.3, 0.4) is 0 Å². The number of rotatable bonds is 10. The van der Waals surface area contributed by atoms with Gasteiger partial charge in [-0.3, -0.25) is 0 Å². The van der Waals surface area contributed by atoms with Gasteiger partial charge in [-0.1, -0.05) is 39.5 Å². The monoisotopic (exact) mass is 241 g/mol. The van der Waals surface area contributed by atoms with Gasteiger partial charge in [0.25, 0.3) is 0 Å². The second kappa shape index (κ2) is 9.90. The number of hydrogen-bond acceptors (Lipinski definition) is 2. The van der Waals surface area contributed by atoms with Crippen LogP contribution in [-0.4, -0.2) is 25.8 Å². The molecule has 2 heteroatoms. The van der Waals surface area contributed by atoms with Crippen LogP contribution in [0, 0.1) is 5.92 Å². The van der Waals surface area contributed by atoms with E-state index in [0.29, 0.717) is 0 Å². The first-order chi connectivity index (χ1) is 8.38. The zero-order valence-electron chi connectivity index (χ0n) is 11.8. The van der Waals surface area contributed by atoms with Crippen molar-refractivity contribution >= 4 is 0 Å². The summed E-state index contributed by atoms with van der Waals surface area (Å²) in [5.74, 6) is 0.866. The maximum absolute atomic E-state index is 5.74. The van der Waals surface area contributed by atoms with E-state index in [0.717, 1.165) is 31.7 Å². The van der Waals surface area contributed by atoms with E-state index < -0.39 is 0 Å². The lowest BCUT2D eigenvalue weighted by Crippen LogP contribution is -2.32. The van der Waals surface area contributed by atoms with Gasteiger partial charge in [0, 0.05) is 19.3 Å². The zero-order valence-corrected chi connectivity index (χ0v) is 11.8. The summed E-state index contributed by atoms with van der Waals surface area (Å²) < 4.78 is 5.74. The smallest absolute Gasteiger partial charge is 0.0469 e. The average molecular weight is 241 g/mol. The molecule has 1 N–H and O–H groups in total. The van der Waals surface area contributed by atoms with Gasteiger partial charge in [0.15, 0.2) is 0 Å². The van der Waals surface area contributed by atoms with Gasteiger partial charge in [-0.25, -0.2) is 0 Å². The van der Waals surface area contributed by atoms with Crippen LogP contribution in [0.2, 0.25) is 0 Å². The first-order valence-corrected chi connectivity index (χ1v) is 7.69. The molecule has 0 heterocycles. The number of nitrogens with one attached hydrogen (secondary N) is 1. The fraction of sp³-hybridized carbons (Fsp3) is 1.00. The Morgan fingerprint density at radius 2 is 1.94 bits per heavy atom.